The highest BCUT2D eigenvalue weighted by molar-refractivity contribution is 7.89. The number of hydrogen-bond acceptors (Lipinski definition) is 4. The van der Waals surface area contributed by atoms with Gasteiger partial charge >= 0.3 is 5.97 Å². The first-order valence-corrected chi connectivity index (χ1v) is 6.59. The molecular formula is C9H13N3O4S. The maximum atomic E-state index is 11.9. The number of aliphatic carboxylic acids is 1. The lowest BCUT2D eigenvalue weighted by Gasteiger charge is -2.37. The Hall–Kier alpha value is -1.41. The van der Waals surface area contributed by atoms with Crippen molar-refractivity contribution >= 4 is 16.0 Å². The van der Waals surface area contributed by atoms with Crippen LogP contribution in [0.5, 0.6) is 0 Å². The van der Waals surface area contributed by atoms with Crippen LogP contribution in [0.2, 0.25) is 0 Å². The molecule has 0 aromatic carbocycles. The van der Waals surface area contributed by atoms with Crippen molar-refractivity contribution in [1.82, 2.24) is 14.3 Å². The number of aromatic nitrogens is 2. The van der Waals surface area contributed by atoms with E-state index >= 15 is 0 Å². The lowest BCUT2D eigenvalue weighted by Crippen LogP contribution is -2.58. The third kappa shape index (κ3) is 2.05. The van der Waals surface area contributed by atoms with Gasteiger partial charge in [-0.05, 0) is 19.3 Å². The second-order valence-electron chi connectivity index (χ2n) is 4.22. The molecule has 1 aromatic heterocycles. The van der Waals surface area contributed by atoms with Crippen molar-refractivity contribution in [3.63, 3.8) is 0 Å². The number of carboxylic acids is 1. The minimum absolute atomic E-state index is 0.160. The highest BCUT2D eigenvalue weighted by Crippen LogP contribution is 2.33. The number of carboxylic acid groups (broad SMARTS) is 1. The first-order valence-electron chi connectivity index (χ1n) is 5.11. The van der Waals surface area contributed by atoms with E-state index in [0.717, 1.165) is 0 Å². The highest BCUT2D eigenvalue weighted by atomic mass is 32.2. The Balaban J connectivity index is 2.26. The summed E-state index contributed by atoms with van der Waals surface area (Å²) < 4.78 is 27.5. The normalized spacial score (nSPS) is 18.6. The van der Waals surface area contributed by atoms with Gasteiger partial charge in [-0.25, -0.2) is 13.4 Å². The van der Waals surface area contributed by atoms with E-state index in [-0.39, 0.29) is 5.03 Å². The van der Waals surface area contributed by atoms with Crippen LogP contribution in [0.25, 0.3) is 0 Å². The molecule has 2 N–H and O–H groups in total. The van der Waals surface area contributed by atoms with Crippen LogP contribution in [0.3, 0.4) is 0 Å². The van der Waals surface area contributed by atoms with Crippen LogP contribution in [-0.2, 0) is 21.9 Å². The van der Waals surface area contributed by atoms with Crippen LogP contribution in [0.15, 0.2) is 17.6 Å². The molecule has 1 fully saturated rings. The lowest BCUT2D eigenvalue weighted by molar-refractivity contribution is -0.147. The summed E-state index contributed by atoms with van der Waals surface area (Å²) in [5.74, 6) is -1.14. The quantitative estimate of drug-likeness (QED) is 0.773. The van der Waals surface area contributed by atoms with Gasteiger partial charge in [0.15, 0.2) is 5.03 Å². The standard InChI is InChI=1S/C9H13N3O4S/c1-12-5-7(10-6-12)17(15,16)11-9(8(13)14)3-2-4-9/h5-6,11H,2-4H2,1H3,(H,13,14). The number of aryl methyl sites for hydroxylation is 1. The Bertz CT molecular complexity index is 544. The van der Waals surface area contributed by atoms with Gasteiger partial charge in [0.25, 0.3) is 10.0 Å². The fourth-order valence-corrected chi connectivity index (χ4v) is 3.13. The van der Waals surface area contributed by atoms with Crippen molar-refractivity contribution in [3.8, 4) is 0 Å². The molecule has 0 saturated heterocycles. The number of nitrogens with one attached hydrogen (secondary N) is 1. The van der Waals surface area contributed by atoms with E-state index < -0.39 is 21.5 Å². The van der Waals surface area contributed by atoms with Crippen molar-refractivity contribution in [2.75, 3.05) is 0 Å². The summed E-state index contributed by atoms with van der Waals surface area (Å²) in [4.78, 5) is 14.8. The largest absolute Gasteiger partial charge is 0.480 e. The van der Waals surface area contributed by atoms with Crippen LogP contribution < -0.4 is 4.72 Å². The predicted octanol–water partition coefficient (Wildman–Crippen LogP) is -0.294. The van der Waals surface area contributed by atoms with Gasteiger partial charge in [0.2, 0.25) is 0 Å². The Kier molecular flexibility index (Phi) is 2.70. The summed E-state index contributed by atoms with van der Waals surface area (Å²) in [6, 6.07) is 0. The van der Waals surface area contributed by atoms with Gasteiger partial charge in [0, 0.05) is 13.2 Å². The Morgan fingerprint density at radius 3 is 2.59 bits per heavy atom. The summed E-state index contributed by atoms with van der Waals surface area (Å²) >= 11 is 0. The van der Waals surface area contributed by atoms with Crippen LogP contribution in [0.4, 0.5) is 0 Å². The molecule has 0 atom stereocenters. The molecule has 1 aliphatic rings. The van der Waals surface area contributed by atoms with E-state index in [4.69, 9.17) is 5.11 Å². The molecule has 17 heavy (non-hydrogen) atoms. The van der Waals surface area contributed by atoms with Gasteiger partial charge < -0.3 is 9.67 Å². The fourth-order valence-electron chi connectivity index (χ4n) is 1.73. The van der Waals surface area contributed by atoms with Crippen molar-refractivity contribution in [2.24, 2.45) is 7.05 Å². The van der Waals surface area contributed by atoms with Gasteiger partial charge in [-0.1, -0.05) is 0 Å². The van der Waals surface area contributed by atoms with Gasteiger partial charge in [0.1, 0.15) is 5.54 Å². The van der Waals surface area contributed by atoms with E-state index in [1.54, 1.807) is 7.05 Å². The van der Waals surface area contributed by atoms with E-state index in [0.29, 0.717) is 19.3 Å². The maximum absolute atomic E-state index is 11.9. The molecule has 1 aromatic rings. The third-order valence-corrected chi connectivity index (χ3v) is 4.32. The molecule has 1 heterocycles. The SMILES string of the molecule is Cn1cnc(S(=O)(=O)NC2(C(=O)O)CCC2)c1. The fraction of sp³-hybridized carbons (Fsp3) is 0.556. The first-order chi connectivity index (χ1) is 7.86. The first kappa shape index (κ1) is 12.1. The maximum Gasteiger partial charge on any atom is 0.324 e. The summed E-state index contributed by atoms with van der Waals surface area (Å²) in [5, 5.41) is 8.89. The smallest absolute Gasteiger partial charge is 0.324 e. The number of hydrogen-bond donors (Lipinski definition) is 2. The molecule has 94 valence electrons. The van der Waals surface area contributed by atoms with Crippen LogP contribution in [0.1, 0.15) is 19.3 Å². The topological polar surface area (TPSA) is 101 Å². The van der Waals surface area contributed by atoms with Crippen LogP contribution in [0, 0.1) is 0 Å². The van der Waals surface area contributed by atoms with Crippen molar-refractivity contribution in [3.05, 3.63) is 12.5 Å². The van der Waals surface area contributed by atoms with Gasteiger partial charge in [0.05, 0.1) is 6.33 Å². The molecule has 0 spiro atoms. The molecule has 1 saturated carbocycles. The molecule has 7 nitrogen and oxygen atoms in total. The zero-order chi connectivity index (χ0) is 12.7. The van der Waals surface area contributed by atoms with Gasteiger partial charge in [-0.3, -0.25) is 4.79 Å². The average Bonchev–Trinajstić information content (AvgIpc) is 2.58. The molecule has 1 aliphatic carbocycles. The van der Waals surface area contributed by atoms with E-state index in [1.807, 2.05) is 0 Å². The molecule has 0 aliphatic heterocycles. The minimum atomic E-state index is -3.87. The van der Waals surface area contributed by atoms with Gasteiger partial charge in [-0.15, -0.1) is 0 Å². The van der Waals surface area contributed by atoms with E-state index in [1.165, 1.54) is 17.1 Å². The summed E-state index contributed by atoms with van der Waals surface area (Å²) in [5.41, 5.74) is -1.35. The van der Waals surface area contributed by atoms with Crippen LogP contribution in [-0.4, -0.2) is 34.6 Å². The zero-order valence-corrected chi connectivity index (χ0v) is 10.1. The van der Waals surface area contributed by atoms with E-state index in [9.17, 15) is 13.2 Å². The number of imidazole rings is 1. The minimum Gasteiger partial charge on any atom is -0.480 e. The van der Waals surface area contributed by atoms with Crippen molar-refractivity contribution < 1.29 is 18.3 Å². The number of rotatable bonds is 4. The molecule has 8 heteroatoms. The molecule has 0 bridgehead atoms. The zero-order valence-electron chi connectivity index (χ0n) is 9.25. The number of carbonyl (C=O) groups is 1. The highest BCUT2D eigenvalue weighted by Gasteiger charge is 2.47. The van der Waals surface area contributed by atoms with E-state index in [2.05, 4.69) is 9.71 Å². The second-order valence-corrected chi connectivity index (χ2v) is 5.85. The monoisotopic (exact) mass is 259 g/mol. The number of sulfonamides is 1. The van der Waals surface area contributed by atoms with Crippen molar-refractivity contribution in [1.29, 1.82) is 0 Å². The summed E-state index contributed by atoms with van der Waals surface area (Å²) in [6.45, 7) is 0. The predicted molar refractivity (Wildman–Crippen MR) is 57.7 cm³/mol. The lowest BCUT2D eigenvalue weighted by atomic mass is 9.78. The molecule has 0 radical (unpaired) electrons. The van der Waals surface area contributed by atoms with Crippen molar-refractivity contribution in [2.45, 2.75) is 29.8 Å². The molecule has 0 amide bonds. The Morgan fingerprint density at radius 1 is 1.59 bits per heavy atom. The van der Waals surface area contributed by atoms with Crippen LogP contribution >= 0.6 is 0 Å². The second kappa shape index (κ2) is 3.81. The summed E-state index contributed by atoms with van der Waals surface area (Å²) in [6.07, 6.45) is 4.01. The third-order valence-electron chi connectivity index (χ3n) is 2.90. The number of nitrogens with zero attached hydrogens (tertiary/aromatic N) is 2. The Morgan fingerprint density at radius 2 is 2.24 bits per heavy atom. The summed E-state index contributed by atoms with van der Waals surface area (Å²) in [7, 11) is -2.22. The molecule has 0 unspecified atom stereocenters. The van der Waals surface area contributed by atoms with Gasteiger partial charge in [-0.2, -0.15) is 4.72 Å². The molecule has 2 rings (SSSR count). The Labute approximate surface area is 98.5 Å². The average molecular weight is 259 g/mol. The molecular weight excluding hydrogens is 246 g/mol.